The fourth-order valence-corrected chi connectivity index (χ4v) is 4.59. The summed E-state index contributed by atoms with van der Waals surface area (Å²) in [4.78, 5) is 0. The second-order valence-electron chi connectivity index (χ2n) is 7.42. The molecule has 1 N–H and O–H groups in total. The summed E-state index contributed by atoms with van der Waals surface area (Å²) in [7, 11) is -2.76. The van der Waals surface area contributed by atoms with Gasteiger partial charge in [-0.1, -0.05) is 27.7 Å². The van der Waals surface area contributed by atoms with Crippen LogP contribution in [0.1, 0.15) is 47.0 Å². The first-order valence-electron chi connectivity index (χ1n) is 7.79. The minimum absolute atomic E-state index is 0.144. The highest BCUT2D eigenvalue weighted by atomic mass is 32.2. The third kappa shape index (κ3) is 3.74. The lowest BCUT2D eigenvalue weighted by Gasteiger charge is -2.53. The van der Waals surface area contributed by atoms with E-state index in [4.69, 9.17) is 4.74 Å². The second-order valence-corrected chi connectivity index (χ2v) is 9.72. The first kappa shape index (κ1) is 16.2. The van der Waals surface area contributed by atoms with Crippen LogP contribution in [-0.4, -0.2) is 44.7 Å². The number of ether oxygens (including phenoxy) is 1. The van der Waals surface area contributed by atoms with Gasteiger partial charge >= 0.3 is 0 Å². The van der Waals surface area contributed by atoms with Crippen molar-refractivity contribution in [2.24, 2.45) is 11.3 Å². The summed E-state index contributed by atoms with van der Waals surface area (Å²) in [6.07, 6.45) is 2.89. The summed E-state index contributed by atoms with van der Waals surface area (Å²) >= 11 is 0. The van der Waals surface area contributed by atoms with Crippen molar-refractivity contribution in [1.82, 2.24) is 5.32 Å². The highest BCUT2D eigenvalue weighted by Crippen LogP contribution is 2.43. The Bertz CT molecular complexity index is 416. The van der Waals surface area contributed by atoms with E-state index >= 15 is 0 Å². The molecule has 1 aliphatic heterocycles. The summed E-state index contributed by atoms with van der Waals surface area (Å²) in [5.41, 5.74) is 0.144. The molecular formula is C15H29NO3S. The number of hydrogen-bond donors (Lipinski definition) is 1. The molecule has 1 heterocycles. The average Bonchev–Trinajstić information content (AvgIpc) is 2.34. The van der Waals surface area contributed by atoms with E-state index in [2.05, 4.69) is 33.0 Å². The van der Waals surface area contributed by atoms with Gasteiger partial charge in [0.05, 0.1) is 17.6 Å². The van der Waals surface area contributed by atoms with E-state index in [0.717, 1.165) is 25.9 Å². The molecule has 5 heteroatoms. The zero-order valence-electron chi connectivity index (χ0n) is 13.2. The summed E-state index contributed by atoms with van der Waals surface area (Å²) in [5, 5.41) is 3.66. The number of hydrogen-bond acceptors (Lipinski definition) is 4. The van der Waals surface area contributed by atoms with Crippen molar-refractivity contribution in [3.05, 3.63) is 0 Å². The van der Waals surface area contributed by atoms with Gasteiger partial charge in [0.1, 0.15) is 9.84 Å². The van der Waals surface area contributed by atoms with Crippen LogP contribution in [0, 0.1) is 11.3 Å². The second kappa shape index (κ2) is 5.93. The first-order chi connectivity index (χ1) is 9.21. The van der Waals surface area contributed by atoms with Crippen LogP contribution in [0.3, 0.4) is 0 Å². The average molecular weight is 303 g/mol. The predicted octanol–water partition coefficient (Wildman–Crippen LogP) is 1.99. The van der Waals surface area contributed by atoms with Crippen molar-refractivity contribution < 1.29 is 13.2 Å². The normalized spacial score (nSPS) is 33.0. The largest absolute Gasteiger partial charge is 0.377 e. The Morgan fingerprint density at radius 3 is 2.35 bits per heavy atom. The number of rotatable bonds is 5. The van der Waals surface area contributed by atoms with Crippen molar-refractivity contribution in [3.8, 4) is 0 Å². The van der Waals surface area contributed by atoms with Crippen LogP contribution in [0.15, 0.2) is 0 Å². The molecule has 2 fully saturated rings. The summed E-state index contributed by atoms with van der Waals surface area (Å²) < 4.78 is 28.9. The van der Waals surface area contributed by atoms with Crippen LogP contribution in [-0.2, 0) is 14.6 Å². The summed E-state index contributed by atoms with van der Waals surface area (Å²) in [6, 6.07) is 0.805. The Balaban J connectivity index is 1.78. The molecule has 0 aromatic carbocycles. The van der Waals surface area contributed by atoms with E-state index < -0.39 is 9.84 Å². The van der Waals surface area contributed by atoms with Crippen LogP contribution in [0.5, 0.6) is 0 Å². The van der Waals surface area contributed by atoms with Crippen LogP contribution in [0.4, 0.5) is 0 Å². The molecule has 0 amide bonds. The van der Waals surface area contributed by atoms with E-state index in [-0.39, 0.29) is 5.41 Å². The lowest BCUT2D eigenvalue weighted by Crippen LogP contribution is -2.63. The number of sulfone groups is 1. The zero-order valence-corrected chi connectivity index (χ0v) is 14.0. The number of nitrogens with one attached hydrogen (secondary N) is 1. The Morgan fingerprint density at radius 2 is 1.85 bits per heavy atom. The highest BCUT2D eigenvalue weighted by Gasteiger charge is 2.49. The SMILES string of the molecule is CC(C)COC1CC(NC2CCS(=O)(=O)CC2)C1(C)C. The maximum Gasteiger partial charge on any atom is 0.150 e. The van der Waals surface area contributed by atoms with Gasteiger partial charge in [-0.25, -0.2) is 8.42 Å². The van der Waals surface area contributed by atoms with Crippen LogP contribution in [0.25, 0.3) is 0 Å². The summed E-state index contributed by atoms with van der Waals surface area (Å²) in [6.45, 7) is 9.66. The summed E-state index contributed by atoms with van der Waals surface area (Å²) in [5.74, 6) is 1.25. The van der Waals surface area contributed by atoms with Gasteiger partial charge < -0.3 is 10.1 Å². The molecule has 2 atom stereocenters. The highest BCUT2D eigenvalue weighted by molar-refractivity contribution is 7.91. The minimum Gasteiger partial charge on any atom is -0.377 e. The maximum atomic E-state index is 11.4. The predicted molar refractivity (Wildman–Crippen MR) is 81.6 cm³/mol. The van der Waals surface area contributed by atoms with Crippen LogP contribution in [0.2, 0.25) is 0 Å². The molecule has 0 spiro atoms. The molecule has 118 valence electrons. The molecular weight excluding hydrogens is 274 g/mol. The Kier molecular flexibility index (Phi) is 4.82. The fraction of sp³-hybridized carbons (Fsp3) is 1.00. The molecule has 0 radical (unpaired) electrons. The van der Waals surface area contributed by atoms with Crippen molar-refractivity contribution in [1.29, 1.82) is 0 Å². The molecule has 0 bridgehead atoms. The van der Waals surface area contributed by atoms with E-state index in [1.54, 1.807) is 0 Å². The van der Waals surface area contributed by atoms with Crippen molar-refractivity contribution >= 4 is 9.84 Å². The maximum absolute atomic E-state index is 11.4. The van der Waals surface area contributed by atoms with E-state index in [1.807, 2.05) is 0 Å². The quantitative estimate of drug-likeness (QED) is 0.844. The van der Waals surface area contributed by atoms with Gasteiger partial charge in [0, 0.05) is 24.1 Å². The lowest BCUT2D eigenvalue weighted by molar-refractivity contribution is -0.126. The van der Waals surface area contributed by atoms with Gasteiger partial charge in [0.2, 0.25) is 0 Å². The Morgan fingerprint density at radius 1 is 1.25 bits per heavy atom. The molecule has 0 aromatic heterocycles. The van der Waals surface area contributed by atoms with Gasteiger partial charge in [-0.2, -0.15) is 0 Å². The molecule has 1 aliphatic carbocycles. The first-order valence-corrected chi connectivity index (χ1v) is 9.61. The van der Waals surface area contributed by atoms with Crippen molar-refractivity contribution in [2.45, 2.75) is 65.1 Å². The van der Waals surface area contributed by atoms with Gasteiger partial charge in [0.25, 0.3) is 0 Å². The van der Waals surface area contributed by atoms with Crippen molar-refractivity contribution in [3.63, 3.8) is 0 Å². The van der Waals surface area contributed by atoms with Crippen LogP contribution < -0.4 is 5.32 Å². The molecule has 1 saturated carbocycles. The van der Waals surface area contributed by atoms with E-state index in [9.17, 15) is 8.42 Å². The van der Waals surface area contributed by atoms with Gasteiger partial charge in [-0.05, 0) is 25.2 Å². The van der Waals surface area contributed by atoms with E-state index in [1.165, 1.54) is 0 Å². The third-order valence-corrected chi connectivity index (χ3v) is 6.52. The molecule has 2 unspecified atom stereocenters. The van der Waals surface area contributed by atoms with E-state index in [0.29, 0.717) is 35.6 Å². The van der Waals surface area contributed by atoms with Gasteiger partial charge in [-0.15, -0.1) is 0 Å². The molecule has 2 rings (SSSR count). The monoisotopic (exact) mass is 303 g/mol. The standard InChI is InChI=1S/C15H29NO3S/c1-11(2)10-19-14-9-13(15(14,3)4)16-12-5-7-20(17,18)8-6-12/h11-14,16H,5-10H2,1-4H3. The minimum atomic E-state index is -2.76. The van der Waals surface area contributed by atoms with Gasteiger partial charge in [-0.3, -0.25) is 0 Å². The molecule has 2 aliphatic rings. The molecule has 0 aromatic rings. The lowest BCUT2D eigenvalue weighted by atomic mass is 9.64. The smallest absolute Gasteiger partial charge is 0.150 e. The molecule has 4 nitrogen and oxygen atoms in total. The Hall–Kier alpha value is -0.130. The van der Waals surface area contributed by atoms with Crippen LogP contribution >= 0.6 is 0 Å². The van der Waals surface area contributed by atoms with Crippen molar-refractivity contribution in [2.75, 3.05) is 18.1 Å². The zero-order chi connectivity index (χ0) is 15.0. The molecule has 1 saturated heterocycles. The third-order valence-electron chi connectivity index (χ3n) is 4.80. The fourth-order valence-electron chi connectivity index (χ4n) is 3.10. The van der Waals surface area contributed by atoms with Gasteiger partial charge in [0.15, 0.2) is 0 Å². The molecule has 20 heavy (non-hydrogen) atoms. The Labute approximate surface area is 123 Å². The topological polar surface area (TPSA) is 55.4 Å².